The molecule has 1 N–H and O–H groups in total. The van der Waals surface area contributed by atoms with Gasteiger partial charge in [-0.2, -0.15) is 0 Å². The molecule has 2 aromatic carbocycles. The van der Waals surface area contributed by atoms with Gasteiger partial charge in [0.25, 0.3) is 0 Å². The lowest BCUT2D eigenvalue weighted by Crippen LogP contribution is -2.05. The lowest BCUT2D eigenvalue weighted by atomic mass is 10.2. The van der Waals surface area contributed by atoms with Crippen molar-refractivity contribution in [1.29, 1.82) is 0 Å². The van der Waals surface area contributed by atoms with Crippen LogP contribution in [0.15, 0.2) is 48.5 Å². The van der Waals surface area contributed by atoms with Crippen molar-refractivity contribution in [3.8, 4) is 5.75 Å². The first kappa shape index (κ1) is 19.7. The lowest BCUT2D eigenvalue weighted by molar-refractivity contribution is -0.114. The fraction of sp³-hybridized carbons (Fsp3) is 0.316. The van der Waals surface area contributed by atoms with Crippen molar-refractivity contribution < 1.29 is 9.53 Å². The zero-order valence-electron chi connectivity index (χ0n) is 14.4. The number of rotatable bonds is 2. The predicted octanol–water partition coefficient (Wildman–Crippen LogP) is 4.98. The highest BCUT2D eigenvalue weighted by Gasteiger charge is 1.92. The van der Waals surface area contributed by atoms with Gasteiger partial charge < -0.3 is 10.1 Å². The Morgan fingerprint density at radius 2 is 1.50 bits per heavy atom. The van der Waals surface area contributed by atoms with Crippen molar-refractivity contribution in [2.24, 2.45) is 0 Å². The molecule has 0 aromatic heterocycles. The van der Waals surface area contributed by atoms with Crippen molar-refractivity contribution >= 4 is 11.6 Å². The first-order chi connectivity index (χ1) is 10.5. The molecule has 0 aliphatic heterocycles. The third-order valence-corrected chi connectivity index (χ3v) is 2.69. The summed E-state index contributed by atoms with van der Waals surface area (Å²) in [6.07, 6.45) is 0. The lowest BCUT2D eigenvalue weighted by Gasteiger charge is -2.00. The van der Waals surface area contributed by atoms with E-state index >= 15 is 0 Å². The topological polar surface area (TPSA) is 38.3 Å². The fourth-order valence-electron chi connectivity index (χ4n) is 1.63. The fourth-order valence-corrected chi connectivity index (χ4v) is 1.63. The molecule has 0 bridgehead atoms. The number of ether oxygens (including phenoxy) is 1. The smallest absolute Gasteiger partial charge is 0.221 e. The van der Waals surface area contributed by atoms with Gasteiger partial charge in [-0.25, -0.2) is 0 Å². The van der Waals surface area contributed by atoms with Gasteiger partial charge in [-0.3, -0.25) is 4.79 Å². The number of carbonyl (C=O) groups excluding carboxylic acids is 1. The molecule has 2 aromatic rings. The van der Waals surface area contributed by atoms with Crippen molar-refractivity contribution in [1.82, 2.24) is 0 Å². The number of hydrogen-bond acceptors (Lipinski definition) is 2. The molecule has 0 atom stereocenters. The Morgan fingerprint density at radius 1 is 0.955 bits per heavy atom. The monoisotopic (exact) mass is 301 g/mol. The number of carbonyl (C=O) groups is 1. The summed E-state index contributed by atoms with van der Waals surface area (Å²) in [6.45, 7) is 9.54. The Morgan fingerprint density at radius 3 is 1.91 bits per heavy atom. The number of hydrogen-bond donors (Lipinski definition) is 1. The molecule has 1 amide bonds. The summed E-state index contributed by atoms with van der Waals surface area (Å²) in [5, 5.41) is 2.69. The van der Waals surface area contributed by atoms with Crippen LogP contribution in [0.3, 0.4) is 0 Å². The standard InChI is InChI=1S/C9H11NO.C8H10O.C2H6/c1-7-3-5-9(6-4-7)10-8(2)11;1-7-5-3-4-6-8(7)9-2;1-2/h3-6H,1-2H3,(H,10,11);3-6H,1-2H3;1-2H3. The normalized spacial score (nSPS) is 8.64. The highest BCUT2D eigenvalue weighted by molar-refractivity contribution is 5.88. The minimum absolute atomic E-state index is 0.0335. The van der Waals surface area contributed by atoms with Crippen LogP contribution in [0.1, 0.15) is 31.9 Å². The molecule has 3 heteroatoms. The largest absolute Gasteiger partial charge is 0.496 e. The van der Waals surface area contributed by atoms with Crippen LogP contribution in [0, 0.1) is 13.8 Å². The second kappa shape index (κ2) is 11.4. The van der Waals surface area contributed by atoms with Crippen molar-refractivity contribution in [2.75, 3.05) is 12.4 Å². The Bertz CT molecular complexity index is 548. The van der Waals surface area contributed by atoms with Crippen LogP contribution in [-0.4, -0.2) is 13.0 Å². The van der Waals surface area contributed by atoms with E-state index < -0.39 is 0 Å². The molecule has 0 aliphatic carbocycles. The first-order valence-corrected chi connectivity index (χ1v) is 7.47. The van der Waals surface area contributed by atoms with Crippen molar-refractivity contribution in [2.45, 2.75) is 34.6 Å². The number of amides is 1. The van der Waals surface area contributed by atoms with E-state index in [1.807, 2.05) is 76.2 Å². The number of aryl methyl sites for hydroxylation is 2. The number of methoxy groups -OCH3 is 1. The molecule has 0 spiro atoms. The van der Waals surface area contributed by atoms with Gasteiger partial charge in [0.05, 0.1) is 7.11 Å². The van der Waals surface area contributed by atoms with Crippen LogP contribution in [0.2, 0.25) is 0 Å². The number of para-hydroxylation sites is 1. The minimum atomic E-state index is -0.0335. The Balaban J connectivity index is 0.000000366. The average molecular weight is 301 g/mol. The van der Waals surface area contributed by atoms with Crippen LogP contribution in [0.4, 0.5) is 5.69 Å². The summed E-state index contributed by atoms with van der Waals surface area (Å²) in [5.74, 6) is 0.923. The van der Waals surface area contributed by atoms with Gasteiger partial charge in [-0.05, 0) is 37.6 Å². The van der Waals surface area contributed by atoms with E-state index in [4.69, 9.17) is 4.74 Å². The highest BCUT2D eigenvalue weighted by Crippen LogP contribution is 2.14. The molecule has 0 radical (unpaired) electrons. The molecule has 0 saturated carbocycles. The van der Waals surface area contributed by atoms with E-state index in [0.29, 0.717) is 0 Å². The number of benzene rings is 2. The summed E-state index contributed by atoms with van der Waals surface area (Å²) in [7, 11) is 1.68. The molecule has 0 fully saturated rings. The molecule has 120 valence electrons. The molecule has 0 aliphatic rings. The zero-order chi connectivity index (χ0) is 17.0. The van der Waals surface area contributed by atoms with E-state index in [1.54, 1.807) is 7.11 Å². The molecule has 3 nitrogen and oxygen atoms in total. The summed E-state index contributed by atoms with van der Waals surface area (Å²) < 4.78 is 5.04. The molecular formula is C19H27NO2. The average Bonchev–Trinajstić information content (AvgIpc) is 2.52. The third-order valence-electron chi connectivity index (χ3n) is 2.69. The van der Waals surface area contributed by atoms with Crippen LogP contribution in [-0.2, 0) is 4.79 Å². The number of nitrogens with one attached hydrogen (secondary N) is 1. The van der Waals surface area contributed by atoms with Gasteiger partial charge in [0.2, 0.25) is 5.91 Å². The molecule has 22 heavy (non-hydrogen) atoms. The third kappa shape index (κ3) is 8.10. The van der Waals surface area contributed by atoms with E-state index in [2.05, 4.69) is 5.32 Å². The van der Waals surface area contributed by atoms with Gasteiger partial charge in [0, 0.05) is 12.6 Å². The van der Waals surface area contributed by atoms with Gasteiger partial charge in [-0.15, -0.1) is 0 Å². The SMILES string of the molecule is CC.CC(=O)Nc1ccc(C)cc1.COc1ccccc1C. The molecular weight excluding hydrogens is 274 g/mol. The van der Waals surface area contributed by atoms with Gasteiger partial charge in [0.15, 0.2) is 0 Å². The maximum absolute atomic E-state index is 10.6. The first-order valence-electron chi connectivity index (χ1n) is 7.47. The van der Waals surface area contributed by atoms with Crippen LogP contribution in [0.25, 0.3) is 0 Å². The summed E-state index contributed by atoms with van der Waals surface area (Å²) in [5.41, 5.74) is 3.22. The number of anilines is 1. The molecule has 0 heterocycles. The molecule has 0 unspecified atom stereocenters. The summed E-state index contributed by atoms with van der Waals surface area (Å²) in [4.78, 5) is 10.6. The van der Waals surface area contributed by atoms with Crippen molar-refractivity contribution in [3.63, 3.8) is 0 Å². The molecule has 0 saturated heterocycles. The van der Waals surface area contributed by atoms with Gasteiger partial charge in [-0.1, -0.05) is 49.7 Å². The second-order valence-electron chi connectivity index (χ2n) is 4.52. The Hall–Kier alpha value is -2.29. The van der Waals surface area contributed by atoms with E-state index in [9.17, 15) is 4.79 Å². The van der Waals surface area contributed by atoms with Gasteiger partial charge in [0.1, 0.15) is 5.75 Å². The van der Waals surface area contributed by atoms with Crippen LogP contribution < -0.4 is 10.1 Å². The maximum Gasteiger partial charge on any atom is 0.221 e. The Labute approximate surface area is 134 Å². The van der Waals surface area contributed by atoms with Crippen LogP contribution >= 0.6 is 0 Å². The summed E-state index contributed by atoms with van der Waals surface area (Å²) in [6, 6.07) is 15.6. The van der Waals surface area contributed by atoms with Crippen LogP contribution in [0.5, 0.6) is 5.75 Å². The zero-order valence-corrected chi connectivity index (χ0v) is 14.4. The minimum Gasteiger partial charge on any atom is -0.496 e. The van der Waals surface area contributed by atoms with Crippen molar-refractivity contribution in [3.05, 3.63) is 59.7 Å². The van der Waals surface area contributed by atoms with E-state index in [1.165, 1.54) is 18.1 Å². The quantitative estimate of drug-likeness (QED) is 0.849. The maximum atomic E-state index is 10.6. The highest BCUT2D eigenvalue weighted by atomic mass is 16.5. The van der Waals surface area contributed by atoms with Gasteiger partial charge >= 0.3 is 0 Å². The van der Waals surface area contributed by atoms with E-state index in [-0.39, 0.29) is 5.91 Å². The van der Waals surface area contributed by atoms with E-state index in [0.717, 1.165) is 11.4 Å². The Kier molecular flexibility index (Phi) is 10.2. The summed E-state index contributed by atoms with van der Waals surface area (Å²) >= 11 is 0. The molecule has 2 rings (SSSR count). The second-order valence-corrected chi connectivity index (χ2v) is 4.52. The predicted molar refractivity (Wildman–Crippen MR) is 94.6 cm³/mol.